The van der Waals surface area contributed by atoms with Crippen molar-refractivity contribution in [1.82, 2.24) is 15.0 Å². The van der Waals surface area contributed by atoms with Gasteiger partial charge in [-0.25, -0.2) is 9.97 Å². The van der Waals surface area contributed by atoms with E-state index in [0.717, 1.165) is 21.9 Å². The van der Waals surface area contributed by atoms with Crippen LogP contribution in [0.25, 0.3) is 65.0 Å². The van der Waals surface area contributed by atoms with E-state index in [4.69, 9.17) is 0 Å². The first-order valence-corrected chi connectivity index (χ1v) is 9.76. The van der Waals surface area contributed by atoms with Crippen molar-refractivity contribution in [2.75, 3.05) is 0 Å². The van der Waals surface area contributed by atoms with E-state index in [0.29, 0.717) is 0 Å². The molecule has 2 heterocycles. The van der Waals surface area contributed by atoms with Gasteiger partial charge in [0.15, 0.2) is 0 Å². The summed E-state index contributed by atoms with van der Waals surface area (Å²) < 4.78 is 0. The lowest BCUT2D eigenvalue weighted by Crippen LogP contribution is -1.86. The van der Waals surface area contributed by atoms with Crippen molar-refractivity contribution in [2.24, 2.45) is 0 Å². The number of nitrogens with one attached hydrogen (secondary N) is 1. The van der Waals surface area contributed by atoms with E-state index >= 15 is 0 Å². The van der Waals surface area contributed by atoms with Crippen molar-refractivity contribution in [2.45, 2.75) is 0 Å². The molecular formula is C26H15N3. The zero-order valence-electron chi connectivity index (χ0n) is 15.5. The SMILES string of the molecule is c1ccc2cc3c(ccc4cc5c(cc43)c3ncnc3c3[nH]cccc53)cc2c1. The zero-order chi connectivity index (χ0) is 18.9. The van der Waals surface area contributed by atoms with Crippen molar-refractivity contribution in [3.63, 3.8) is 0 Å². The average Bonchev–Trinajstić information content (AvgIpc) is 3.27. The Bertz CT molecular complexity index is 1760. The van der Waals surface area contributed by atoms with Crippen LogP contribution in [0, 0.1) is 0 Å². The monoisotopic (exact) mass is 369 g/mol. The van der Waals surface area contributed by atoms with E-state index in [1.165, 1.54) is 43.1 Å². The number of nitrogens with zero attached hydrogens (tertiary/aromatic N) is 2. The molecule has 0 aliphatic carbocycles. The van der Waals surface area contributed by atoms with Gasteiger partial charge in [0, 0.05) is 17.0 Å². The summed E-state index contributed by atoms with van der Waals surface area (Å²) in [5.41, 5.74) is 2.92. The first-order valence-electron chi connectivity index (χ1n) is 9.76. The van der Waals surface area contributed by atoms with Crippen molar-refractivity contribution in [3.8, 4) is 0 Å². The molecule has 0 bridgehead atoms. The molecule has 3 nitrogen and oxygen atoms in total. The quantitative estimate of drug-likeness (QED) is 0.238. The van der Waals surface area contributed by atoms with Gasteiger partial charge in [0.2, 0.25) is 0 Å². The molecule has 134 valence electrons. The number of rotatable bonds is 0. The minimum Gasteiger partial charge on any atom is -0.359 e. The van der Waals surface area contributed by atoms with Crippen molar-refractivity contribution in [1.29, 1.82) is 0 Å². The number of aromatic amines is 1. The highest BCUT2D eigenvalue weighted by Gasteiger charge is 2.13. The molecule has 0 radical (unpaired) electrons. The summed E-state index contributed by atoms with van der Waals surface area (Å²) in [5.74, 6) is 0. The van der Waals surface area contributed by atoms with Gasteiger partial charge in [0.1, 0.15) is 17.4 Å². The maximum atomic E-state index is 4.60. The molecule has 0 saturated carbocycles. The number of imidazole rings is 1. The zero-order valence-corrected chi connectivity index (χ0v) is 15.5. The molecule has 0 aliphatic rings. The largest absolute Gasteiger partial charge is 0.359 e. The Balaban J connectivity index is 1.74. The summed E-state index contributed by atoms with van der Waals surface area (Å²) in [5, 5.41) is 11.1. The van der Waals surface area contributed by atoms with Gasteiger partial charge in [0.25, 0.3) is 0 Å². The van der Waals surface area contributed by atoms with Gasteiger partial charge in [-0.3, -0.25) is 0 Å². The van der Waals surface area contributed by atoms with Crippen LogP contribution in [0.3, 0.4) is 0 Å². The van der Waals surface area contributed by atoms with Gasteiger partial charge >= 0.3 is 0 Å². The van der Waals surface area contributed by atoms with Crippen LogP contribution in [0.5, 0.6) is 0 Å². The van der Waals surface area contributed by atoms with Crippen LogP contribution in [0.1, 0.15) is 0 Å². The van der Waals surface area contributed by atoms with Gasteiger partial charge in [-0.1, -0.05) is 42.5 Å². The lowest BCUT2D eigenvalue weighted by molar-refractivity contribution is 1.34. The van der Waals surface area contributed by atoms with Crippen molar-refractivity contribution in [3.05, 3.63) is 85.3 Å². The second kappa shape index (κ2) is 5.30. The van der Waals surface area contributed by atoms with Crippen LogP contribution >= 0.6 is 0 Å². The second-order valence-electron chi connectivity index (χ2n) is 7.63. The fraction of sp³-hybridized carbons (Fsp3) is 0. The Labute approximate surface area is 165 Å². The van der Waals surface area contributed by atoms with E-state index in [1.807, 2.05) is 12.3 Å². The highest BCUT2D eigenvalue weighted by Crippen LogP contribution is 2.37. The molecule has 0 spiro atoms. The molecule has 29 heavy (non-hydrogen) atoms. The molecule has 3 heteroatoms. The van der Waals surface area contributed by atoms with Gasteiger partial charge in [-0.15, -0.1) is 0 Å². The van der Waals surface area contributed by atoms with Crippen LogP contribution in [0.15, 0.2) is 85.3 Å². The Hall–Kier alpha value is -3.98. The highest BCUT2D eigenvalue weighted by molar-refractivity contribution is 6.26. The summed E-state index contributed by atoms with van der Waals surface area (Å²) >= 11 is 0. The van der Waals surface area contributed by atoms with Crippen molar-refractivity contribution < 1.29 is 0 Å². The summed E-state index contributed by atoms with van der Waals surface area (Å²) in [4.78, 5) is 12.5. The molecule has 7 rings (SSSR count). The Morgan fingerprint density at radius 3 is 2.14 bits per heavy atom. The number of hydrogen-bond acceptors (Lipinski definition) is 2. The topological polar surface area (TPSA) is 41.6 Å². The van der Waals surface area contributed by atoms with Crippen LogP contribution in [-0.4, -0.2) is 15.0 Å². The highest BCUT2D eigenvalue weighted by atomic mass is 14.9. The molecule has 5 aromatic carbocycles. The van der Waals surface area contributed by atoms with Crippen LogP contribution < -0.4 is 0 Å². The Kier molecular flexibility index (Phi) is 2.74. The van der Waals surface area contributed by atoms with E-state index < -0.39 is 0 Å². The average molecular weight is 369 g/mol. The maximum Gasteiger partial charge on any atom is 0.117 e. The molecule has 0 fully saturated rings. The molecule has 0 atom stereocenters. The summed E-state index contributed by atoms with van der Waals surface area (Å²) in [6.07, 6.45) is 3.60. The predicted octanol–water partition coefficient (Wildman–Crippen LogP) is 6.72. The van der Waals surface area contributed by atoms with Gasteiger partial charge in [0.05, 0.1) is 5.52 Å². The predicted molar refractivity (Wildman–Crippen MR) is 121 cm³/mol. The maximum absolute atomic E-state index is 4.60. The number of hydrogen-bond donors (Lipinski definition) is 1. The standard InChI is InChI=1S/C26H15N3/c1-2-5-16-11-20-17(10-15(16)4-1)7-8-18-12-22-19-6-3-9-27-24(19)26-25(28-14-29-26)23(22)13-21(18)20/h1-14,27H. The van der Waals surface area contributed by atoms with Crippen LogP contribution in [0.2, 0.25) is 0 Å². The first-order chi connectivity index (χ1) is 14.4. The minimum absolute atomic E-state index is 0.929. The van der Waals surface area contributed by atoms with E-state index in [2.05, 4.69) is 81.7 Å². The molecule has 0 amide bonds. The fourth-order valence-corrected chi connectivity index (χ4v) is 4.72. The lowest BCUT2D eigenvalue weighted by Gasteiger charge is -2.11. The van der Waals surface area contributed by atoms with E-state index in [-0.39, 0.29) is 0 Å². The first kappa shape index (κ1) is 15.0. The number of pyridine rings is 1. The van der Waals surface area contributed by atoms with Gasteiger partial charge in [-0.2, -0.15) is 0 Å². The minimum atomic E-state index is 0.929. The fourth-order valence-electron chi connectivity index (χ4n) is 4.72. The summed E-state index contributed by atoms with van der Waals surface area (Å²) in [7, 11) is 0. The van der Waals surface area contributed by atoms with E-state index in [1.54, 1.807) is 6.33 Å². The Morgan fingerprint density at radius 1 is 0.517 bits per heavy atom. The van der Waals surface area contributed by atoms with Gasteiger partial charge in [-0.05, 0) is 68.0 Å². The van der Waals surface area contributed by atoms with Crippen LogP contribution in [0.4, 0.5) is 0 Å². The number of fused-ring (bicyclic) bond motifs is 10. The smallest absolute Gasteiger partial charge is 0.117 e. The number of aromatic nitrogens is 3. The molecule has 0 saturated heterocycles. The molecule has 1 N–H and O–H groups in total. The normalized spacial score (nSPS) is 12.1. The second-order valence-corrected chi connectivity index (χ2v) is 7.63. The van der Waals surface area contributed by atoms with Crippen LogP contribution in [-0.2, 0) is 0 Å². The third-order valence-electron chi connectivity index (χ3n) is 6.08. The molecule has 7 aromatic rings. The number of H-pyrrole nitrogens is 1. The van der Waals surface area contributed by atoms with Gasteiger partial charge < -0.3 is 4.98 Å². The third-order valence-corrected chi connectivity index (χ3v) is 6.08. The molecule has 2 aromatic heterocycles. The van der Waals surface area contributed by atoms with E-state index in [9.17, 15) is 0 Å². The Morgan fingerprint density at radius 2 is 1.24 bits per heavy atom. The third kappa shape index (κ3) is 1.96. The number of benzene rings is 5. The molecular weight excluding hydrogens is 354 g/mol. The lowest BCUT2D eigenvalue weighted by atomic mass is 9.94. The molecule has 0 aliphatic heterocycles. The van der Waals surface area contributed by atoms with Crippen molar-refractivity contribution >= 4 is 65.0 Å². The summed E-state index contributed by atoms with van der Waals surface area (Å²) in [6.45, 7) is 0. The summed E-state index contributed by atoms with van der Waals surface area (Å²) in [6, 6.07) is 26.4. The molecule has 0 unspecified atom stereocenters.